The number of amides is 1. The SMILES string of the molecule is CC(CCCO)NC(=O)c1ccc(N2CCCCC2)cc1. The van der Waals surface area contributed by atoms with E-state index in [1.807, 2.05) is 31.2 Å². The van der Waals surface area contributed by atoms with E-state index >= 15 is 0 Å². The first-order valence-corrected chi connectivity index (χ1v) is 7.97. The van der Waals surface area contributed by atoms with Gasteiger partial charge >= 0.3 is 0 Å². The quantitative estimate of drug-likeness (QED) is 0.846. The van der Waals surface area contributed by atoms with E-state index in [1.54, 1.807) is 0 Å². The number of benzene rings is 1. The first kappa shape index (κ1) is 15.8. The van der Waals surface area contributed by atoms with Crippen molar-refractivity contribution in [1.82, 2.24) is 5.32 Å². The summed E-state index contributed by atoms with van der Waals surface area (Å²) in [5, 5.41) is 11.8. The van der Waals surface area contributed by atoms with E-state index in [1.165, 1.54) is 24.9 Å². The molecule has 2 rings (SSSR count). The van der Waals surface area contributed by atoms with Gasteiger partial charge in [0.1, 0.15) is 0 Å². The summed E-state index contributed by atoms with van der Waals surface area (Å²) in [4.78, 5) is 14.5. The van der Waals surface area contributed by atoms with Crippen molar-refractivity contribution in [3.8, 4) is 0 Å². The van der Waals surface area contributed by atoms with Crippen LogP contribution < -0.4 is 10.2 Å². The van der Waals surface area contributed by atoms with Crippen LogP contribution in [0.3, 0.4) is 0 Å². The van der Waals surface area contributed by atoms with E-state index in [4.69, 9.17) is 5.11 Å². The van der Waals surface area contributed by atoms with Gasteiger partial charge in [0.15, 0.2) is 0 Å². The molecular weight excluding hydrogens is 264 g/mol. The van der Waals surface area contributed by atoms with Crippen LogP contribution in [0.1, 0.15) is 49.4 Å². The second kappa shape index (κ2) is 8.03. The van der Waals surface area contributed by atoms with Crippen LogP contribution in [0.15, 0.2) is 24.3 Å². The summed E-state index contributed by atoms with van der Waals surface area (Å²) in [6, 6.07) is 7.97. The Hall–Kier alpha value is -1.55. The van der Waals surface area contributed by atoms with E-state index in [2.05, 4.69) is 10.2 Å². The topological polar surface area (TPSA) is 52.6 Å². The second-order valence-electron chi connectivity index (χ2n) is 5.83. The van der Waals surface area contributed by atoms with Crippen LogP contribution in [0, 0.1) is 0 Å². The number of nitrogens with one attached hydrogen (secondary N) is 1. The summed E-state index contributed by atoms with van der Waals surface area (Å²) in [5.41, 5.74) is 1.91. The van der Waals surface area contributed by atoms with E-state index in [9.17, 15) is 4.79 Å². The van der Waals surface area contributed by atoms with Crippen LogP contribution in [-0.4, -0.2) is 36.8 Å². The van der Waals surface area contributed by atoms with E-state index in [-0.39, 0.29) is 18.6 Å². The number of anilines is 1. The molecule has 0 spiro atoms. The lowest BCUT2D eigenvalue weighted by Gasteiger charge is -2.28. The molecule has 1 aromatic carbocycles. The summed E-state index contributed by atoms with van der Waals surface area (Å²) in [5.74, 6) is -0.0365. The third-order valence-corrected chi connectivity index (χ3v) is 4.02. The fourth-order valence-electron chi connectivity index (χ4n) is 2.75. The lowest BCUT2D eigenvalue weighted by molar-refractivity contribution is 0.0936. The standard InChI is InChI=1S/C17H26N2O2/c1-14(6-5-13-20)18-17(21)15-7-9-16(10-8-15)19-11-3-2-4-12-19/h7-10,14,20H,2-6,11-13H2,1H3,(H,18,21). The van der Waals surface area contributed by atoms with Crippen molar-refractivity contribution in [2.45, 2.75) is 45.1 Å². The molecule has 4 nitrogen and oxygen atoms in total. The minimum atomic E-state index is -0.0365. The smallest absolute Gasteiger partial charge is 0.251 e. The van der Waals surface area contributed by atoms with Crippen LogP contribution in [0.2, 0.25) is 0 Å². The molecule has 0 aliphatic carbocycles. The van der Waals surface area contributed by atoms with Gasteiger partial charge in [-0.3, -0.25) is 4.79 Å². The van der Waals surface area contributed by atoms with Crippen molar-refractivity contribution in [2.24, 2.45) is 0 Å². The lowest BCUT2D eigenvalue weighted by atomic mass is 10.1. The molecule has 1 amide bonds. The highest BCUT2D eigenvalue weighted by atomic mass is 16.3. The molecule has 116 valence electrons. The van der Waals surface area contributed by atoms with Gasteiger partial charge in [0.2, 0.25) is 0 Å². The van der Waals surface area contributed by atoms with E-state index in [0.29, 0.717) is 5.56 Å². The maximum atomic E-state index is 12.1. The number of piperidine rings is 1. The number of rotatable bonds is 6. The van der Waals surface area contributed by atoms with Gasteiger partial charge in [-0.2, -0.15) is 0 Å². The Kier molecular flexibility index (Phi) is 6.05. The van der Waals surface area contributed by atoms with E-state index < -0.39 is 0 Å². The minimum Gasteiger partial charge on any atom is -0.396 e. The Balaban J connectivity index is 1.90. The van der Waals surface area contributed by atoms with E-state index in [0.717, 1.165) is 25.9 Å². The third-order valence-electron chi connectivity index (χ3n) is 4.02. The van der Waals surface area contributed by atoms with Crippen molar-refractivity contribution >= 4 is 11.6 Å². The molecule has 0 saturated carbocycles. The molecule has 1 heterocycles. The van der Waals surface area contributed by atoms with Gasteiger partial charge in [0, 0.05) is 37.0 Å². The molecule has 1 saturated heterocycles. The number of aliphatic hydroxyl groups excluding tert-OH is 1. The number of hydrogen-bond acceptors (Lipinski definition) is 3. The van der Waals surface area contributed by atoms with Crippen LogP contribution >= 0.6 is 0 Å². The first-order chi connectivity index (χ1) is 10.2. The Morgan fingerprint density at radius 3 is 2.52 bits per heavy atom. The molecule has 0 bridgehead atoms. The predicted molar refractivity (Wildman–Crippen MR) is 85.8 cm³/mol. The zero-order chi connectivity index (χ0) is 15.1. The van der Waals surface area contributed by atoms with Crippen molar-refractivity contribution in [3.05, 3.63) is 29.8 Å². The number of carbonyl (C=O) groups is 1. The maximum absolute atomic E-state index is 12.1. The lowest BCUT2D eigenvalue weighted by Crippen LogP contribution is -2.33. The molecule has 0 aromatic heterocycles. The zero-order valence-electron chi connectivity index (χ0n) is 12.8. The summed E-state index contributed by atoms with van der Waals surface area (Å²) < 4.78 is 0. The average Bonchev–Trinajstić information content (AvgIpc) is 2.54. The Bertz CT molecular complexity index is 439. The largest absolute Gasteiger partial charge is 0.396 e. The highest BCUT2D eigenvalue weighted by Gasteiger charge is 2.13. The van der Waals surface area contributed by atoms with Gasteiger partial charge in [-0.15, -0.1) is 0 Å². The van der Waals surface area contributed by atoms with Crippen LogP contribution in [0.25, 0.3) is 0 Å². The van der Waals surface area contributed by atoms with Crippen molar-refractivity contribution in [1.29, 1.82) is 0 Å². The molecule has 1 aromatic rings. The zero-order valence-corrected chi connectivity index (χ0v) is 12.8. The molecule has 0 radical (unpaired) electrons. The third kappa shape index (κ3) is 4.74. The number of nitrogens with zero attached hydrogens (tertiary/aromatic N) is 1. The van der Waals surface area contributed by atoms with Gasteiger partial charge in [0.25, 0.3) is 5.91 Å². The summed E-state index contributed by atoms with van der Waals surface area (Å²) in [6.07, 6.45) is 5.35. The Morgan fingerprint density at radius 2 is 1.90 bits per heavy atom. The number of aliphatic hydroxyl groups is 1. The molecule has 21 heavy (non-hydrogen) atoms. The Labute approximate surface area is 127 Å². The number of hydrogen-bond donors (Lipinski definition) is 2. The van der Waals surface area contributed by atoms with Crippen molar-refractivity contribution < 1.29 is 9.90 Å². The van der Waals surface area contributed by atoms with Crippen LogP contribution in [0.4, 0.5) is 5.69 Å². The summed E-state index contributed by atoms with van der Waals surface area (Å²) in [6.45, 7) is 4.37. The van der Waals surface area contributed by atoms with Gasteiger partial charge in [0.05, 0.1) is 0 Å². The summed E-state index contributed by atoms with van der Waals surface area (Å²) in [7, 11) is 0. The predicted octanol–water partition coefficient (Wildman–Crippen LogP) is 2.57. The minimum absolute atomic E-state index is 0.0365. The molecule has 2 N–H and O–H groups in total. The molecule has 1 atom stereocenters. The number of carbonyl (C=O) groups excluding carboxylic acids is 1. The molecular formula is C17H26N2O2. The van der Waals surface area contributed by atoms with Gasteiger partial charge < -0.3 is 15.3 Å². The molecule has 1 aliphatic heterocycles. The van der Waals surface area contributed by atoms with Crippen molar-refractivity contribution in [3.63, 3.8) is 0 Å². The molecule has 1 fully saturated rings. The normalized spacial score (nSPS) is 16.6. The second-order valence-corrected chi connectivity index (χ2v) is 5.83. The first-order valence-electron chi connectivity index (χ1n) is 7.97. The highest BCUT2D eigenvalue weighted by molar-refractivity contribution is 5.94. The summed E-state index contributed by atoms with van der Waals surface area (Å²) >= 11 is 0. The average molecular weight is 290 g/mol. The van der Waals surface area contributed by atoms with Gasteiger partial charge in [-0.1, -0.05) is 0 Å². The fourth-order valence-corrected chi connectivity index (χ4v) is 2.75. The van der Waals surface area contributed by atoms with Gasteiger partial charge in [-0.25, -0.2) is 0 Å². The Morgan fingerprint density at radius 1 is 1.24 bits per heavy atom. The van der Waals surface area contributed by atoms with Gasteiger partial charge in [-0.05, 0) is 63.3 Å². The molecule has 1 unspecified atom stereocenters. The fraction of sp³-hybridized carbons (Fsp3) is 0.588. The maximum Gasteiger partial charge on any atom is 0.251 e. The molecule has 1 aliphatic rings. The van der Waals surface area contributed by atoms with Crippen molar-refractivity contribution in [2.75, 3.05) is 24.6 Å². The highest BCUT2D eigenvalue weighted by Crippen LogP contribution is 2.20. The van der Waals surface area contributed by atoms with Crippen LogP contribution in [-0.2, 0) is 0 Å². The monoisotopic (exact) mass is 290 g/mol. The van der Waals surface area contributed by atoms with Crippen LogP contribution in [0.5, 0.6) is 0 Å². The molecule has 4 heteroatoms.